The van der Waals surface area contributed by atoms with Crippen LogP contribution in [0.3, 0.4) is 0 Å². The van der Waals surface area contributed by atoms with Crippen molar-refractivity contribution in [2.75, 3.05) is 23.3 Å². The molecule has 0 bridgehead atoms. The van der Waals surface area contributed by atoms with Crippen molar-refractivity contribution in [3.63, 3.8) is 0 Å². The van der Waals surface area contributed by atoms with E-state index in [1.807, 2.05) is 12.3 Å². The van der Waals surface area contributed by atoms with E-state index in [0.29, 0.717) is 12.0 Å². The fourth-order valence-electron chi connectivity index (χ4n) is 3.29. The van der Waals surface area contributed by atoms with Gasteiger partial charge in [-0.05, 0) is 43.9 Å². The Kier molecular flexibility index (Phi) is 3.45. The Hall–Kier alpha value is -2.10. The molecule has 2 aliphatic rings. The molecule has 2 heterocycles. The molecule has 2 aromatic rings. The Morgan fingerprint density at radius 1 is 1.23 bits per heavy atom. The molecule has 0 saturated heterocycles. The van der Waals surface area contributed by atoms with Gasteiger partial charge in [-0.15, -0.1) is 0 Å². The van der Waals surface area contributed by atoms with Crippen molar-refractivity contribution in [2.45, 2.75) is 38.1 Å². The Morgan fingerprint density at radius 2 is 2.09 bits per heavy atom. The third-order valence-electron chi connectivity index (χ3n) is 4.62. The third-order valence-corrected chi connectivity index (χ3v) is 4.62. The van der Waals surface area contributed by atoms with Crippen LogP contribution in [-0.2, 0) is 6.42 Å². The molecule has 22 heavy (non-hydrogen) atoms. The number of fused-ring (bicyclic) bond motifs is 1. The summed E-state index contributed by atoms with van der Waals surface area (Å²) in [7, 11) is 0. The van der Waals surface area contributed by atoms with Crippen molar-refractivity contribution < 1.29 is 0 Å². The van der Waals surface area contributed by atoms with E-state index in [4.69, 9.17) is 0 Å². The predicted molar refractivity (Wildman–Crippen MR) is 89.5 cm³/mol. The second kappa shape index (κ2) is 5.59. The molecule has 1 N–H and O–H groups in total. The summed E-state index contributed by atoms with van der Waals surface area (Å²) < 4.78 is 0. The van der Waals surface area contributed by atoms with E-state index in [-0.39, 0.29) is 0 Å². The number of anilines is 2. The highest BCUT2D eigenvalue weighted by Crippen LogP contribution is 2.38. The molecule has 114 valence electrons. The number of nitrogens with zero attached hydrogens (tertiary/aromatic N) is 3. The van der Waals surface area contributed by atoms with Gasteiger partial charge >= 0.3 is 0 Å². The summed E-state index contributed by atoms with van der Waals surface area (Å²) >= 11 is 0. The van der Waals surface area contributed by atoms with Crippen LogP contribution in [0.25, 0.3) is 0 Å². The summed E-state index contributed by atoms with van der Waals surface area (Å²) in [6.45, 7) is 4.20. The van der Waals surface area contributed by atoms with Gasteiger partial charge in [-0.25, -0.2) is 9.97 Å². The van der Waals surface area contributed by atoms with Gasteiger partial charge in [-0.3, -0.25) is 0 Å². The number of benzene rings is 1. The highest BCUT2D eigenvalue weighted by molar-refractivity contribution is 5.59. The van der Waals surface area contributed by atoms with Crippen LogP contribution in [0.4, 0.5) is 11.5 Å². The lowest BCUT2D eigenvalue weighted by Crippen LogP contribution is -2.33. The lowest BCUT2D eigenvalue weighted by molar-refractivity contribution is 0.680. The van der Waals surface area contributed by atoms with Gasteiger partial charge in [0.05, 0.1) is 0 Å². The van der Waals surface area contributed by atoms with Crippen LogP contribution in [0.5, 0.6) is 0 Å². The molecule has 4 rings (SSSR count). The van der Waals surface area contributed by atoms with Crippen LogP contribution in [0, 0.1) is 0 Å². The lowest BCUT2D eigenvalue weighted by atomic mass is 10.1. The smallest absolute Gasteiger partial charge is 0.133 e. The van der Waals surface area contributed by atoms with Crippen LogP contribution < -0.4 is 10.2 Å². The van der Waals surface area contributed by atoms with Gasteiger partial charge in [-0.1, -0.05) is 18.2 Å². The van der Waals surface area contributed by atoms with Gasteiger partial charge in [0, 0.05) is 36.9 Å². The number of rotatable bonds is 5. The molecule has 0 amide bonds. The van der Waals surface area contributed by atoms with Crippen molar-refractivity contribution in [2.24, 2.45) is 0 Å². The summed E-state index contributed by atoms with van der Waals surface area (Å²) in [5.41, 5.74) is 2.85. The second-order valence-corrected chi connectivity index (χ2v) is 6.38. The van der Waals surface area contributed by atoms with Crippen molar-refractivity contribution in [1.29, 1.82) is 0 Å². The summed E-state index contributed by atoms with van der Waals surface area (Å²) in [5.74, 6) is 2.56. The second-order valence-electron chi connectivity index (χ2n) is 6.38. The van der Waals surface area contributed by atoms with E-state index >= 15 is 0 Å². The van der Waals surface area contributed by atoms with E-state index in [9.17, 15) is 0 Å². The van der Waals surface area contributed by atoms with Gasteiger partial charge in [-0.2, -0.15) is 0 Å². The van der Waals surface area contributed by atoms with Crippen LogP contribution >= 0.6 is 0 Å². The van der Waals surface area contributed by atoms with Crippen molar-refractivity contribution in [3.8, 4) is 0 Å². The Labute approximate surface area is 131 Å². The molecule has 1 aromatic heterocycles. The quantitative estimate of drug-likeness (QED) is 0.919. The minimum Gasteiger partial charge on any atom is -0.368 e. The Morgan fingerprint density at radius 3 is 2.95 bits per heavy atom. The summed E-state index contributed by atoms with van der Waals surface area (Å²) in [6.07, 6.45) is 5.50. The van der Waals surface area contributed by atoms with Gasteiger partial charge in [0.2, 0.25) is 0 Å². The maximum Gasteiger partial charge on any atom is 0.133 e. The molecule has 1 fully saturated rings. The van der Waals surface area contributed by atoms with E-state index in [1.165, 1.54) is 24.1 Å². The maximum atomic E-state index is 4.62. The van der Waals surface area contributed by atoms with E-state index < -0.39 is 0 Å². The van der Waals surface area contributed by atoms with Gasteiger partial charge in [0.25, 0.3) is 0 Å². The molecule has 1 atom stereocenters. The summed E-state index contributed by atoms with van der Waals surface area (Å²) in [5, 5.41) is 3.45. The third kappa shape index (κ3) is 2.65. The van der Waals surface area contributed by atoms with Crippen LogP contribution in [0.15, 0.2) is 36.5 Å². The average molecular weight is 294 g/mol. The van der Waals surface area contributed by atoms with E-state index in [1.54, 1.807) is 0 Å². The number of para-hydroxylation sites is 1. The van der Waals surface area contributed by atoms with E-state index in [0.717, 1.165) is 31.2 Å². The molecule has 0 spiro atoms. The first-order valence-corrected chi connectivity index (χ1v) is 8.22. The zero-order chi connectivity index (χ0) is 14.9. The summed E-state index contributed by atoms with van der Waals surface area (Å²) in [6, 6.07) is 11.3. The SMILES string of the molecule is C[C@@H]1Cc2ccccc2N1CCNc1ccnc(C2CC2)n1. The average Bonchev–Trinajstić information content (AvgIpc) is 3.33. The molecule has 4 heteroatoms. The zero-order valence-corrected chi connectivity index (χ0v) is 13.0. The van der Waals surface area contributed by atoms with Crippen LogP contribution in [0.1, 0.15) is 37.1 Å². The largest absolute Gasteiger partial charge is 0.368 e. The van der Waals surface area contributed by atoms with E-state index in [2.05, 4.69) is 51.4 Å². The molecular formula is C18H22N4. The number of hydrogen-bond donors (Lipinski definition) is 1. The molecule has 1 aromatic carbocycles. The highest BCUT2D eigenvalue weighted by atomic mass is 15.2. The molecule has 0 unspecified atom stereocenters. The first-order valence-electron chi connectivity index (χ1n) is 8.22. The fraction of sp³-hybridized carbons (Fsp3) is 0.444. The Balaban J connectivity index is 1.38. The highest BCUT2D eigenvalue weighted by Gasteiger charge is 2.27. The molecular weight excluding hydrogens is 272 g/mol. The normalized spacial score (nSPS) is 20.0. The summed E-state index contributed by atoms with van der Waals surface area (Å²) in [4.78, 5) is 11.5. The van der Waals surface area contributed by atoms with Gasteiger partial charge < -0.3 is 10.2 Å². The number of hydrogen-bond acceptors (Lipinski definition) is 4. The van der Waals surface area contributed by atoms with Crippen molar-refractivity contribution in [3.05, 3.63) is 47.9 Å². The standard InChI is InChI=1S/C18H22N4/c1-13-12-15-4-2-3-5-16(15)22(13)11-10-19-17-8-9-20-18(21-17)14-6-7-14/h2-5,8-9,13-14H,6-7,10-12H2,1H3,(H,19,20,21)/t13-/m1/s1. The molecule has 1 aliphatic heterocycles. The first kappa shape index (κ1) is 13.6. The Bertz CT molecular complexity index is 666. The molecule has 1 saturated carbocycles. The fourth-order valence-corrected chi connectivity index (χ4v) is 3.29. The molecule has 4 nitrogen and oxygen atoms in total. The lowest BCUT2D eigenvalue weighted by Gasteiger charge is -2.25. The maximum absolute atomic E-state index is 4.62. The van der Waals surface area contributed by atoms with Gasteiger partial charge in [0.15, 0.2) is 0 Å². The van der Waals surface area contributed by atoms with Crippen molar-refractivity contribution >= 4 is 11.5 Å². The van der Waals surface area contributed by atoms with Crippen LogP contribution in [0.2, 0.25) is 0 Å². The first-order chi connectivity index (χ1) is 10.8. The number of nitrogens with one attached hydrogen (secondary N) is 1. The van der Waals surface area contributed by atoms with Crippen molar-refractivity contribution in [1.82, 2.24) is 9.97 Å². The topological polar surface area (TPSA) is 41.0 Å². The molecule has 1 aliphatic carbocycles. The predicted octanol–water partition coefficient (Wildman–Crippen LogP) is 3.22. The number of aromatic nitrogens is 2. The minimum absolute atomic E-state index is 0.576. The molecule has 0 radical (unpaired) electrons. The zero-order valence-electron chi connectivity index (χ0n) is 13.0. The van der Waals surface area contributed by atoms with Gasteiger partial charge in [0.1, 0.15) is 11.6 Å². The monoisotopic (exact) mass is 294 g/mol. The minimum atomic E-state index is 0.576. The van der Waals surface area contributed by atoms with Crippen LogP contribution in [-0.4, -0.2) is 29.1 Å².